The Hall–Kier alpha value is -2.90. The van der Waals surface area contributed by atoms with Gasteiger partial charge in [0.05, 0.1) is 11.3 Å². The van der Waals surface area contributed by atoms with Gasteiger partial charge in [-0.3, -0.25) is 0 Å². The molecule has 2 rings (SSSR count). The number of carboxylic acids is 1. The number of hydrogen-bond acceptors (Lipinski definition) is 5. The van der Waals surface area contributed by atoms with Gasteiger partial charge in [-0.1, -0.05) is 17.3 Å². The number of benzene rings is 1. The average Bonchev–Trinajstić information content (AvgIpc) is 2.94. The maximum absolute atomic E-state index is 11.8. The molecule has 0 spiro atoms. The van der Waals surface area contributed by atoms with E-state index in [1.807, 2.05) is 0 Å². The molecule has 0 aliphatic carbocycles. The van der Waals surface area contributed by atoms with E-state index in [2.05, 4.69) is 25.3 Å². The summed E-state index contributed by atoms with van der Waals surface area (Å²) in [5.41, 5.74) is 0.994. The van der Waals surface area contributed by atoms with E-state index in [1.54, 1.807) is 19.1 Å². The minimum atomic E-state index is -1.10. The number of anilines is 1. The van der Waals surface area contributed by atoms with Crippen molar-refractivity contribution in [1.82, 2.24) is 15.5 Å². The number of aromatic carboxylic acids is 1. The van der Waals surface area contributed by atoms with Crippen LogP contribution in [0.25, 0.3) is 0 Å². The largest absolute Gasteiger partial charge is 0.478 e. The van der Waals surface area contributed by atoms with Crippen LogP contribution in [-0.2, 0) is 6.42 Å². The molecule has 3 N–H and O–H groups in total. The van der Waals surface area contributed by atoms with Crippen molar-refractivity contribution in [3.8, 4) is 0 Å². The van der Waals surface area contributed by atoms with Crippen molar-refractivity contribution in [2.75, 3.05) is 11.9 Å². The van der Waals surface area contributed by atoms with Gasteiger partial charge in [0.15, 0.2) is 5.82 Å². The molecule has 110 valence electrons. The fraction of sp³-hybridized carbons (Fsp3) is 0.231. The summed E-state index contributed by atoms with van der Waals surface area (Å²) < 4.78 is 4.57. The van der Waals surface area contributed by atoms with Gasteiger partial charge in [0.2, 0.25) is 6.39 Å². The van der Waals surface area contributed by atoms with Crippen molar-refractivity contribution < 1.29 is 19.2 Å². The molecule has 8 heteroatoms. The predicted molar refractivity (Wildman–Crippen MR) is 73.2 cm³/mol. The summed E-state index contributed by atoms with van der Waals surface area (Å²) in [6.45, 7) is 2.03. The van der Waals surface area contributed by atoms with Gasteiger partial charge >= 0.3 is 12.0 Å². The highest BCUT2D eigenvalue weighted by molar-refractivity contribution is 6.00. The van der Waals surface area contributed by atoms with Gasteiger partial charge in [0.1, 0.15) is 0 Å². The van der Waals surface area contributed by atoms with Crippen LogP contribution < -0.4 is 10.6 Å². The fourth-order valence-electron chi connectivity index (χ4n) is 1.76. The van der Waals surface area contributed by atoms with Crippen LogP contribution in [0.1, 0.15) is 21.7 Å². The van der Waals surface area contributed by atoms with Crippen LogP contribution in [-0.4, -0.2) is 33.8 Å². The first-order chi connectivity index (χ1) is 10.1. The third-order valence-corrected chi connectivity index (χ3v) is 2.78. The Labute approximate surface area is 120 Å². The quantitative estimate of drug-likeness (QED) is 0.767. The molecule has 0 aliphatic rings. The highest BCUT2D eigenvalue weighted by atomic mass is 16.5. The third kappa shape index (κ3) is 3.78. The van der Waals surface area contributed by atoms with Crippen LogP contribution in [0, 0.1) is 6.92 Å². The van der Waals surface area contributed by atoms with Gasteiger partial charge < -0.3 is 20.3 Å². The number of hydrogen-bond donors (Lipinski definition) is 3. The standard InChI is InChI=1S/C13H14N4O4/c1-8-3-2-4-9(12(18)19)11(8)16-13(20)14-6-5-10-15-7-21-17-10/h2-4,7H,5-6H2,1H3,(H,18,19)(H2,14,16,20). The number of carboxylic acid groups (broad SMARTS) is 1. The van der Waals surface area contributed by atoms with Crippen LogP contribution >= 0.6 is 0 Å². The lowest BCUT2D eigenvalue weighted by Gasteiger charge is -2.12. The molecule has 2 aromatic rings. The minimum absolute atomic E-state index is 0.0447. The van der Waals surface area contributed by atoms with E-state index in [-0.39, 0.29) is 11.3 Å². The molecule has 0 atom stereocenters. The summed E-state index contributed by atoms with van der Waals surface area (Å²) in [5, 5.41) is 17.9. The van der Waals surface area contributed by atoms with Crippen molar-refractivity contribution in [2.45, 2.75) is 13.3 Å². The molecule has 0 radical (unpaired) electrons. The number of carbonyl (C=O) groups excluding carboxylic acids is 1. The Balaban J connectivity index is 1.95. The second-order valence-electron chi connectivity index (χ2n) is 4.28. The molecule has 1 heterocycles. The van der Waals surface area contributed by atoms with Crippen LogP contribution in [0.3, 0.4) is 0 Å². The maximum atomic E-state index is 11.8. The lowest BCUT2D eigenvalue weighted by atomic mass is 10.1. The van der Waals surface area contributed by atoms with Crippen molar-refractivity contribution in [3.63, 3.8) is 0 Å². The van der Waals surface area contributed by atoms with Gasteiger partial charge in [-0.25, -0.2) is 9.59 Å². The van der Waals surface area contributed by atoms with E-state index < -0.39 is 12.0 Å². The Morgan fingerprint density at radius 3 is 2.86 bits per heavy atom. The van der Waals surface area contributed by atoms with Crippen LogP contribution in [0.2, 0.25) is 0 Å². The number of urea groups is 1. The summed E-state index contributed by atoms with van der Waals surface area (Å²) in [5.74, 6) is -0.613. The van der Waals surface area contributed by atoms with Gasteiger partial charge in [0, 0.05) is 13.0 Å². The van der Waals surface area contributed by atoms with E-state index in [4.69, 9.17) is 5.11 Å². The Morgan fingerprint density at radius 2 is 2.19 bits per heavy atom. The number of rotatable bonds is 5. The van der Waals surface area contributed by atoms with Gasteiger partial charge in [-0.05, 0) is 18.6 Å². The average molecular weight is 290 g/mol. The number of para-hydroxylation sites is 1. The summed E-state index contributed by atoms with van der Waals surface area (Å²) in [6.07, 6.45) is 1.63. The van der Waals surface area contributed by atoms with Crippen molar-refractivity contribution in [3.05, 3.63) is 41.5 Å². The molecular weight excluding hydrogens is 276 g/mol. The first-order valence-electron chi connectivity index (χ1n) is 6.21. The molecule has 0 aliphatic heterocycles. The van der Waals surface area contributed by atoms with Gasteiger partial charge in [0.25, 0.3) is 0 Å². The highest BCUT2D eigenvalue weighted by Crippen LogP contribution is 2.20. The van der Waals surface area contributed by atoms with Crippen LogP contribution in [0.4, 0.5) is 10.5 Å². The van der Waals surface area contributed by atoms with Crippen LogP contribution in [0.5, 0.6) is 0 Å². The normalized spacial score (nSPS) is 10.1. The van der Waals surface area contributed by atoms with E-state index in [9.17, 15) is 9.59 Å². The summed E-state index contributed by atoms with van der Waals surface area (Å²) in [6, 6.07) is 4.29. The fourth-order valence-corrected chi connectivity index (χ4v) is 1.76. The molecular formula is C13H14N4O4. The number of carbonyl (C=O) groups is 2. The molecule has 0 bridgehead atoms. The van der Waals surface area contributed by atoms with E-state index in [0.29, 0.717) is 24.4 Å². The number of aryl methyl sites for hydroxylation is 1. The molecule has 0 unspecified atom stereocenters. The lowest BCUT2D eigenvalue weighted by Crippen LogP contribution is -2.31. The molecule has 2 amide bonds. The molecule has 1 aromatic carbocycles. The molecule has 21 heavy (non-hydrogen) atoms. The van der Waals surface area contributed by atoms with E-state index in [1.165, 1.54) is 12.5 Å². The summed E-state index contributed by atoms with van der Waals surface area (Å²) in [7, 11) is 0. The lowest BCUT2D eigenvalue weighted by molar-refractivity contribution is 0.0698. The molecule has 1 aromatic heterocycles. The summed E-state index contributed by atoms with van der Waals surface area (Å²) in [4.78, 5) is 26.7. The predicted octanol–water partition coefficient (Wildman–Crippen LogP) is 1.44. The molecule has 0 saturated carbocycles. The smallest absolute Gasteiger partial charge is 0.337 e. The van der Waals surface area contributed by atoms with E-state index in [0.717, 1.165) is 0 Å². The maximum Gasteiger partial charge on any atom is 0.337 e. The topological polar surface area (TPSA) is 117 Å². The SMILES string of the molecule is Cc1cccc(C(=O)O)c1NC(=O)NCCc1ncon1. The van der Waals surface area contributed by atoms with Crippen molar-refractivity contribution in [2.24, 2.45) is 0 Å². The number of aromatic nitrogens is 2. The Kier molecular flexibility index (Phi) is 4.50. The third-order valence-electron chi connectivity index (χ3n) is 2.78. The Bertz CT molecular complexity index is 640. The van der Waals surface area contributed by atoms with Crippen molar-refractivity contribution >= 4 is 17.7 Å². The number of nitrogens with zero attached hydrogens (tertiary/aromatic N) is 2. The zero-order chi connectivity index (χ0) is 15.2. The zero-order valence-corrected chi connectivity index (χ0v) is 11.3. The highest BCUT2D eigenvalue weighted by Gasteiger charge is 2.14. The summed E-state index contributed by atoms with van der Waals surface area (Å²) >= 11 is 0. The molecule has 0 fully saturated rings. The van der Waals surface area contributed by atoms with Gasteiger partial charge in [-0.15, -0.1) is 0 Å². The first-order valence-corrected chi connectivity index (χ1v) is 6.21. The molecule has 8 nitrogen and oxygen atoms in total. The first kappa shape index (κ1) is 14.5. The molecule has 0 saturated heterocycles. The van der Waals surface area contributed by atoms with Gasteiger partial charge in [-0.2, -0.15) is 4.98 Å². The monoisotopic (exact) mass is 290 g/mol. The van der Waals surface area contributed by atoms with Crippen molar-refractivity contribution in [1.29, 1.82) is 0 Å². The Morgan fingerprint density at radius 1 is 1.38 bits per heavy atom. The number of amides is 2. The number of nitrogens with one attached hydrogen (secondary N) is 2. The van der Waals surface area contributed by atoms with E-state index >= 15 is 0 Å². The van der Waals surface area contributed by atoms with Crippen LogP contribution in [0.15, 0.2) is 29.1 Å². The second kappa shape index (κ2) is 6.51. The zero-order valence-electron chi connectivity index (χ0n) is 11.3. The second-order valence-corrected chi connectivity index (χ2v) is 4.28. The minimum Gasteiger partial charge on any atom is -0.478 e.